The quantitative estimate of drug-likeness (QED) is 0.216. The van der Waals surface area contributed by atoms with Gasteiger partial charge in [-0.2, -0.15) is 0 Å². The Morgan fingerprint density at radius 3 is 1.75 bits per heavy atom. The summed E-state index contributed by atoms with van der Waals surface area (Å²) in [5, 5.41) is 44.1. The number of carbonyl (C=O) groups is 2. The maximum Gasteiger partial charge on any atom is 0.335 e. The second kappa shape index (κ2) is 14.2. The lowest BCUT2D eigenvalue weighted by molar-refractivity contribution is -0.165. The van der Waals surface area contributed by atoms with E-state index in [4.69, 9.17) is 31.3 Å². The molecule has 0 aromatic rings. The van der Waals surface area contributed by atoms with Crippen LogP contribution >= 0.6 is 0 Å². The van der Waals surface area contributed by atoms with Gasteiger partial charge < -0.3 is 36.6 Å². The van der Waals surface area contributed by atoms with Gasteiger partial charge in [0, 0.05) is 6.61 Å². The zero-order chi connectivity index (χ0) is 16.0. The molecule has 0 radical (unpaired) electrons. The van der Waals surface area contributed by atoms with E-state index in [1.54, 1.807) is 0 Å². The van der Waals surface area contributed by atoms with E-state index in [1.807, 2.05) is 0 Å². The summed E-state index contributed by atoms with van der Waals surface area (Å²) >= 11 is 0. The van der Waals surface area contributed by atoms with E-state index >= 15 is 0 Å². The molecule has 0 spiro atoms. The Bertz CT molecular complexity index is 237. The molecule has 0 aromatic heterocycles. The number of carboxylic acids is 2. The van der Waals surface area contributed by atoms with Crippen molar-refractivity contribution in [1.29, 1.82) is 0 Å². The topological polar surface area (TPSA) is 173 Å². The lowest BCUT2D eigenvalue weighted by atomic mass is 10.2. The lowest BCUT2D eigenvalue weighted by Crippen LogP contribution is -2.39. The van der Waals surface area contributed by atoms with Crippen LogP contribution in [0, 0.1) is 0 Å². The van der Waals surface area contributed by atoms with E-state index in [2.05, 4.69) is 5.32 Å². The van der Waals surface area contributed by atoms with E-state index in [-0.39, 0.29) is 6.61 Å². The van der Waals surface area contributed by atoms with Crippen LogP contribution in [-0.2, 0) is 9.59 Å². The van der Waals surface area contributed by atoms with Gasteiger partial charge in [-0.05, 0) is 38.9 Å². The summed E-state index contributed by atoms with van der Waals surface area (Å²) in [5.41, 5.74) is 5.30. The minimum Gasteiger partial charge on any atom is -0.479 e. The molecule has 0 amide bonds. The lowest BCUT2D eigenvalue weighted by Gasteiger charge is -2.07. The molecular weight excluding hydrogens is 272 g/mol. The van der Waals surface area contributed by atoms with Crippen LogP contribution in [0.25, 0.3) is 0 Å². The highest BCUT2D eigenvalue weighted by Gasteiger charge is 2.29. The average molecular weight is 296 g/mol. The molecule has 0 saturated carbocycles. The third kappa shape index (κ3) is 13.2. The fourth-order valence-electron chi connectivity index (χ4n) is 0.993. The zero-order valence-electron chi connectivity index (χ0n) is 11.2. The van der Waals surface area contributed by atoms with Gasteiger partial charge >= 0.3 is 11.9 Å². The number of nitrogens with one attached hydrogen (secondary N) is 1. The molecule has 8 N–H and O–H groups in total. The van der Waals surface area contributed by atoms with Gasteiger partial charge in [-0.3, -0.25) is 0 Å². The third-order valence-corrected chi connectivity index (χ3v) is 2.12. The average Bonchev–Trinajstić information content (AvgIpc) is 2.41. The Morgan fingerprint density at radius 2 is 1.40 bits per heavy atom. The minimum atomic E-state index is -2.27. The van der Waals surface area contributed by atoms with Crippen molar-refractivity contribution >= 4 is 11.9 Å². The van der Waals surface area contributed by atoms with Gasteiger partial charge in [0.25, 0.3) is 0 Å². The Hall–Kier alpha value is -1.26. The summed E-state index contributed by atoms with van der Waals surface area (Å²) in [5.74, 6) is -3.54. The van der Waals surface area contributed by atoms with E-state index in [0.717, 1.165) is 38.9 Å². The summed E-state index contributed by atoms with van der Waals surface area (Å²) in [6, 6.07) is 0. The highest BCUT2D eigenvalue weighted by atomic mass is 16.4. The summed E-state index contributed by atoms with van der Waals surface area (Å²) in [6.45, 7) is 3.00. The summed E-state index contributed by atoms with van der Waals surface area (Å²) < 4.78 is 0. The Kier molecular flexibility index (Phi) is 14.9. The smallest absolute Gasteiger partial charge is 0.335 e. The molecule has 20 heavy (non-hydrogen) atoms. The summed E-state index contributed by atoms with van der Waals surface area (Å²) in [7, 11) is 0. The molecule has 2 atom stereocenters. The number of rotatable bonds is 10. The van der Waals surface area contributed by atoms with Crippen LogP contribution < -0.4 is 11.1 Å². The molecule has 9 nitrogen and oxygen atoms in total. The fraction of sp³-hybridized carbons (Fsp3) is 0.818. The molecule has 0 fully saturated rings. The van der Waals surface area contributed by atoms with Crippen LogP contribution in [0.5, 0.6) is 0 Å². The maximum absolute atomic E-state index is 9.77. The molecule has 2 unspecified atom stereocenters. The van der Waals surface area contributed by atoms with Crippen molar-refractivity contribution in [2.75, 3.05) is 26.2 Å². The number of nitrogens with two attached hydrogens (primary N) is 1. The van der Waals surface area contributed by atoms with Crippen molar-refractivity contribution in [3.05, 3.63) is 0 Å². The van der Waals surface area contributed by atoms with Crippen molar-refractivity contribution in [2.24, 2.45) is 5.73 Å². The first-order valence-corrected chi connectivity index (χ1v) is 6.21. The van der Waals surface area contributed by atoms with Gasteiger partial charge in [0.15, 0.2) is 12.2 Å². The van der Waals surface area contributed by atoms with Gasteiger partial charge in [0.05, 0.1) is 0 Å². The number of hydrogen-bond acceptors (Lipinski definition) is 7. The van der Waals surface area contributed by atoms with E-state index < -0.39 is 24.1 Å². The predicted molar refractivity (Wildman–Crippen MR) is 70.1 cm³/mol. The molecule has 0 saturated heterocycles. The second-order valence-electron chi connectivity index (χ2n) is 3.89. The van der Waals surface area contributed by atoms with Crippen molar-refractivity contribution in [2.45, 2.75) is 31.5 Å². The highest BCUT2D eigenvalue weighted by molar-refractivity contribution is 5.83. The maximum atomic E-state index is 9.77. The number of aliphatic carboxylic acids is 2. The van der Waals surface area contributed by atoms with Crippen molar-refractivity contribution in [3.63, 3.8) is 0 Å². The summed E-state index contributed by atoms with van der Waals surface area (Å²) in [6.07, 6.45) is -1.45. The highest BCUT2D eigenvalue weighted by Crippen LogP contribution is 1.92. The molecule has 0 bridgehead atoms. The molecule has 0 aliphatic heterocycles. The molecule has 120 valence electrons. The van der Waals surface area contributed by atoms with Gasteiger partial charge in [-0.15, -0.1) is 0 Å². The zero-order valence-corrected chi connectivity index (χ0v) is 11.2. The number of carboxylic acid groups (broad SMARTS) is 2. The molecule has 0 aliphatic rings. The van der Waals surface area contributed by atoms with Crippen LogP contribution in [0.4, 0.5) is 0 Å². The molecule has 0 heterocycles. The SMILES string of the molecule is NCCCCNCCCO.O=C(O)C(O)C(O)C(=O)O. The first-order chi connectivity index (χ1) is 9.38. The molecule has 0 aliphatic carbocycles. The van der Waals surface area contributed by atoms with E-state index in [9.17, 15) is 9.59 Å². The van der Waals surface area contributed by atoms with Crippen molar-refractivity contribution in [3.8, 4) is 0 Å². The van der Waals surface area contributed by atoms with Crippen molar-refractivity contribution in [1.82, 2.24) is 5.32 Å². The molecule has 0 aromatic carbocycles. The normalized spacial score (nSPS) is 13.0. The second-order valence-corrected chi connectivity index (χ2v) is 3.89. The third-order valence-electron chi connectivity index (χ3n) is 2.12. The number of unbranched alkanes of at least 4 members (excludes halogenated alkanes) is 1. The fourth-order valence-corrected chi connectivity index (χ4v) is 0.993. The Balaban J connectivity index is 0. The van der Waals surface area contributed by atoms with E-state index in [0.29, 0.717) is 0 Å². The summed E-state index contributed by atoms with van der Waals surface area (Å²) in [4.78, 5) is 19.5. The number of aliphatic hydroxyl groups is 3. The van der Waals surface area contributed by atoms with Crippen LogP contribution in [-0.4, -0.2) is 75.9 Å². The largest absolute Gasteiger partial charge is 0.479 e. The Morgan fingerprint density at radius 1 is 0.950 bits per heavy atom. The van der Waals surface area contributed by atoms with Crippen LogP contribution in [0.1, 0.15) is 19.3 Å². The monoisotopic (exact) mass is 296 g/mol. The van der Waals surface area contributed by atoms with Crippen LogP contribution in [0.15, 0.2) is 0 Å². The van der Waals surface area contributed by atoms with Gasteiger partial charge in [-0.1, -0.05) is 0 Å². The Labute approximate surface area is 117 Å². The van der Waals surface area contributed by atoms with Gasteiger partial charge in [-0.25, -0.2) is 9.59 Å². The van der Waals surface area contributed by atoms with Crippen LogP contribution in [0.2, 0.25) is 0 Å². The number of aliphatic hydroxyl groups excluding tert-OH is 3. The molecular formula is C11H24N2O7. The number of hydrogen-bond donors (Lipinski definition) is 7. The standard InChI is InChI=1S/C7H18N2O.C4H6O6/c8-4-1-2-5-9-6-3-7-10;5-1(3(7)8)2(6)4(9)10/h9-10H,1-8H2;1-2,5-6H,(H,7,8)(H,9,10). The van der Waals surface area contributed by atoms with Crippen LogP contribution in [0.3, 0.4) is 0 Å². The minimum absolute atomic E-state index is 0.282. The first kappa shape index (κ1) is 21.0. The van der Waals surface area contributed by atoms with Crippen molar-refractivity contribution < 1.29 is 35.1 Å². The first-order valence-electron chi connectivity index (χ1n) is 6.21. The van der Waals surface area contributed by atoms with E-state index in [1.165, 1.54) is 0 Å². The van der Waals surface area contributed by atoms with Gasteiger partial charge in [0.1, 0.15) is 0 Å². The predicted octanol–water partition coefficient (Wildman–Crippen LogP) is -2.43. The molecule has 0 rings (SSSR count). The molecule has 9 heteroatoms. The van der Waals surface area contributed by atoms with Gasteiger partial charge in [0.2, 0.25) is 0 Å².